The van der Waals surface area contributed by atoms with Crippen LogP contribution in [0.1, 0.15) is 18.5 Å². The number of halogens is 1. The molecule has 1 N–H and O–H groups in total. The smallest absolute Gasteiger partial charge is 0.129 e. The van der Waals surface area contributed by atoms with Gasteiger partial charge in [0.25, 0.3) is 0 Å². The van der Waals surface area contributed by atoms with E-state index in [9.17, 15) is 0 Å². The van der Waals surface area contributed by atoms with E-state index in [2.05, 4.69) is 37.8 Å². The van der Waals surface area contributed by atoms with Gasteiger partial charge >= 0.3 is 0 Å². The van der Waals surface area contributed by atoms with Crippen molar-refractivity contribution >= 4 is 51.4 Å². The summed E-state index contributed by atoms with van der Waals surface area (Å²) in [6, 6.07) is 6.05. The lowest BCUT2D eigenvalue weighted by atomic mass is 10.1. The maximum absolute atomic E-state index is 6.24. The second kappa shape index (κ2) is 4.84. The Kier molecular flexibility index (Phi) is 3.20. The van der Waals surface area contributed by atoms with Gasteiger partial charge in [-0.05, 0) is 41.4 Å². The van der Waals surface area contributed by atoms with E-state index >= 15 is 0 Å². The van der Waals surface area contributed by atoms with Crippen molar-refractivity contribution in [1.29, 1.82) is 0 Å². The molecule has 2 heterocycles. The van der Waals surface area contributed by atoms with Crippen LogP contribution in [0.2, 0.25) is 5.02 Å². The number of rotatable bonds is 3. The second-order valence-corrected chi connectivity index (χ2v) is 5.69. The van der Waals surface area contributed by atoms with E-state index < -0.39 is 0 Å². The normalized spacial score (nSPS) is 12.8. The molecule has 0 aliphatic rings. The van der Waals surface area contributed by atoms with Crippen LogP contribution in [0.5, 0.6) is 0 Å². The molecule has 3 rings (SSSR count). The number of nitrogens with one attached hydrogen (secondary N) is 1. The van der Waals surface area contributed by atoms with Crippen LogP contribution in [0.4, 0.5) is 5.69 Å². The third-order valence-corrected chi connectivity index (χ3v) is 4.34. The van der Waals surface area contributed by atoms with Gasteiger partial charge in [-0.25, -0.2) is 0 Å². The standard InChI is InChI=1S/C12H10ClN3S2/c1-7(8-4-5-17-6-8)14-11-9(13)2-3-10-12(11)16-18-15-10/h2-7,14H,1H3. The molecule has 0 aliphatic carbocycles. The highest BCUT2D eigenvalue weighted by Crippen LogP contribution is 2.33. The van der Waals surface area contributed by atoms with Gasteiger partial charge < -0.3 is 5.32 Å². The van der Waals surface area contributed by atoms with Crippen LogP contribution in [0.3, 0.4) is 0 Å². The van der Waals surface area contributed by atoms with Gasteiger partial charge in [-0.15, -0.1) is 0 Å². The molecule has 6 heteroatoms. The number of thiophene rings is 1. The Balaban J connectivity index is 1.99. The monoisotopic (exact) mass is 295 g/mol. The van der Waals surface area contributed by atoms with Crippen LogP contribution in [0, 0.1) is 0 Å². The van der Waals surface area contributed by atoms with Gasteiger partial charge in [0.05, 0.1) is 22.4 Å². The summed E-state index contributed by atoms with van der Waals surface area (Å²) in [6.45, 7) is 2.11. The highest BCUT2D eigenvalue weighted by atomic mass is 35.5. The van der Waals surface area contributed by atoms with Crippen molar-refractivity contribution in [3.05, 3.63) is 39.5 Å². The predicted octanol–water partition coefficient (Wildman–Crippen LogP) is 4.58. The number of hydrogen-bond donors (Lipinski definition) is 1. The van der Waals surface area contributed by atoms with Gasteiger partial charge in [0.15, 0.2) is 0 Å². The van der Waals surface area contributed by atoms with Gasteiger partial charge in [0.1, 0.15) is 11.0 Å². The molecule has 0 fully saturated rings. The first-order valence-electron chi connectivity index (χ1n) is 5.45. The molecule has 3 nitrogen and oxygen atoms in total. The predicted molar refractivity (Wildman–Crippen MR) is 78.8 cm³/mol. The first-order chi connectivity index (χ1) is 8.75. The molecule has 1 unspecified atom stereocenters. The van der Waals surface area contributed by atoms with E-state index in [1.807, 2.05) is 12.1 Å². The van der Waals surface area contributed by atoms with Gasteiger partial charge in [-0.3, -0.25) is 0 Å². The number of anilines is 1. The minimum Gasteiger partial charge on any atom is -0.375 e. The van der Waals surface area contributed by atoms with Crippen LogP contribution in [-0.4, -0.2) is 8.75 Å². The third kappa shape index (κ3) is 2.09. The maximum Gasteiger partial charge on any atom is 0.129 e. The quantitative estimate of drug-likeness (QED) is 0.768. The van der Waals surface area contributed by atoms with Crippen molar-refractivity contribution in [3.63, 3.8) is 0 Å². The zero-order chi connectivity index (χ0) is 12.5. The lowest BCUT2D eigenvalue weighted by Crippen LogP contribution is -2.06. The summed E-state index contributed by atoms with van der Waals surface area (Å²) in [6.07, 6.45) is 0. The number of hydrogen-bond acceptors (Lipinski definition) is 5. The molecule has 1 aromatic carbocycles. The van der Waals surface area contributed by atoms with E-state index in [1.54, 1.807) is 11.3 Å². The van der Waals surface area contributed by atoms with Crippen molar-refractivity contribution < 1.29 is 0 Å². The summed E-state index contributed by atoms with van der Waals surface area (Å²) in [5.41, 5.74) is 3.83. The summed E-state index contributed by atoms with van der Waals surface area (Å²) < 4.78 is 8.52. The zero-order valence-corrected chi connectivity index (χ0v) is 11.9. The minimum absolute atomic E-state index is 0.195. The Hall–Kier alpha value is -1.17. The SMILES string of the molecule is CC(Nc1c(Cl)ccc2nsnc12)c1ccsc1. The van der Waals surface area contributed by atoms with Crippen LogP contribution in [0.15, 0.2) is 29.0 Å². The van der Waals surface area contributed by atoms with Gasteiger partial charge in [-0.2, -0.15) is 20.1 Å². The molecule has 0 radical (unpaired) electrons. The second-order valence-electron chi connectivity index (χ2n) is 3.98. The molecule has 0 saturated heterocycles. The van der Waals surface area contributed by atoms with Crippen LogP contribution in [0.25, 0.3) is 11.0 Å². The van der Waals surface area contributed by atoms with Crippen molar-refractivity contribution in [2.45, 2.75) is 13.0 Å². The summed E-state index contributed by atoms with van der Waals surface area (Å²) in [5, 5.41) is 8.30. The molecule has 0 bridgehead atoms. The molecular formula is C12H10ClN3S2. The Bertz CT molecular complexity index is 663. The largest absolute Gasteiger partial charge is 0.375 e. The highest BCUT2D eigenvalue weighted by Gasteiger charge is 2.13. The fourth-order valence-electron chi connectivity index (χ4n) is 1.79. The van der Waals surface area contributed by atoms with Gasteiger partial charge in [-0.1, -0.05) is 11.6 Å². The molecule has 92 valence electrons. The third-order valence-electron chi connectivity index (χ3n) is 2.78. The number of aromatic nitrogens is 2. The minimum atomic E-state index is 0.195. The maximum atomic E-state index is 6.24. The van der Waals surface area contributed by atoms with Crippen molar-refractivity contribution in [2.75, 3.05) is 5.32 Å². The molecule has 0 saturated carbocycles. The number of fused-ring (bicyclic) bond motifs is 1. The molecular weight excluding hydrogens is 286 g/mol. The number of benzene rings is 1. The molecule has 3 aromatic rings. The molecule has 18 heavy (non-hydrogen) atoms. The Labute approximate surface area is 118 Å². The zero-order valence-electron chi connectivity index (χ0n) is 9.55. The van der Waals surface area contributed by atoms with Crippen LogP contribution in [-0.2, 0) is 0 Å². The topological polar surface area (TPSA) is 37.8 Å². The molecule has 2 aromatic heterocycles. The number of nitrogens with zero attached hydrogens (tertiary/aromatic N) is 2. The first kappa shape index (κ1) is 11.9. The summed E-state index contributed by atoms with van der Waals surface area (Å²) in [5.74, 6) is 0. The fourth-order valence-corrected chi connectivity index (χ4v) is 3.29. The lowest BCUT2D eigenvalue weighted by molar-refractivity contribution is 0.892. The van der Waals surface area contributed by atoms with Crippen molar-refractivity contribution in [2.24, 2.45) is 0 Å². The van der Waals surface area contributed by atoms with Crippen LogP contribution < -0.4 is 5.32 Å². The summed E-state index contributed by atoms with van der Waals surface area (Å²) in [4.78, 5) is 0. The van der Waals surface area contributed by atoms with Crippen molar-refractivity contribution in [1.82, 2.24) is 8.75 Å². The van der Waals surface area contributed by atoms with E-state index in [-0.39, 0.29) is 6.04 Å². The lowest BCUT2D eigenvalue weighted by Gasteiger charge is -2.15. The van der Waals surface area contributed by atoms with E-state index in [0.29, 0.717) is 5.02 Å². The first-order valence-corrected chi connectivity index (χ1v) is 7.50. The van der Waals surface area contributed by atoms with Gasteiger partial charge in [0.2, 0.25) is 0 Å². The molecule has 0 spiro atoms. The molecule has 0 amide bonds. The Morgan fingerprint density at radius 1 is 1.28 bits per heavy atom. The fraction of sp³-hybridized carbons (Fsp3) is 0.167. The Morgan fingerprint density at radius 2 is 2.17 bits per heavy atom. The highest BCUT2D eigenvalue weighted by molar-refractivity contribution is 7.08. The van der Waals surface area contributed by atoms with Gasteiger partial charge in [0, 0.05) is 6.04 Å². The summed E-state index contributed by atoms with van der Waals surface area (Å²) >= 11 is 9.14. The average molecular weight is 296 g/mol. The van der Waals surface area contributed by atoms with E-state index in [4.69, 9.17) is 11.6 Å². The van der Waals surface area contributed by atoms with E-state index in [0.717, 1.165) is 16.7 Å². The summed E-state index contributed by atoms with van der Waals surface area (Å²) in [7, 11) is 0. The van der Waals surface area contributed by atoms with Crippen LogP contribution >= 0.6 is 34.7 Å². The van der Waals surface area contributed by atoms with Crippen molar-refractivity contribution in [3.8, 4) is 0 Å². The molecule has 1 atom stereocenters. The van der Waals surface area contributed by atoms with E-state index in [1.165, 1.54) is 17.3 Å². The molecule has 0 aliphatic heterocycles. The Morgan fingerprint density at radius 3 is 2.94 bits per heavy atom. The average Bonchev–Trinajstić information content (AvgIpc) is 3.02.